The number of aryl methyl sites for hydroxylation is 2. The van der Waals surface area contributed by atoms with Crippen molar-refractivity contribution in [1.29, 1.82) is 0 Å². The molecule has 0 saturated heterocycles. The van der Waals surface area contributed by atoms with Crippen LogP contribution in [-0.2, 0) is 0 Å². The first-order chi connectivity index (χ1) is 9.11. The van der Waals surface area contributed by atoms with E-state index in [1.54, 1.807) is 0 Å². The van der Waals surface area contributed by atoms with Crippen LogP contribution < -0.4 is 5.73 Å². The Kier molecular flexibility index (Phi) is 2.91. The summed E-state index contributed by atoms with van der Waals surface area (Å²) in [5.74, 6) is 0. The summed E-state index contributed by atoms with van der Waals surface area (Å²) in [4.78, 5) is 12.3. The van der Waals surface area contributed by atoms with Crippen LogP contribution >= 0.6 is 11.8 Å². The van der Waals surface area contributed by atoms with Crippen molar-refractivity contribution < 1.29 is 0 Å². The van der Waals surface area contributed by atoms with Crippen molar-refractivity contribution in [3.63, 3.8) is 0 Å². The highest BCUT2D eigenvalue weighted by Crippen LogP contribution is 2.27. The molecule has 3 aromatic rings. The largest absolute Gasteiger partial charge is 0.397 e. The second-order valence-electron chi connectivity index (χ2n) is 4.49. The number of pyridine rings is 1. The predicted octanol–water partition coefficient (Wildman–Crippen LogP) is 3.31. The summed E-state index contributed by atoms with van der Waals surface area (Å²) in [6, 6.07) is 9.95. The number of aromatic amines is 1. The predicted molar refractivity (Wildman–Crippen MR) is 78.3 cm³/mol. The quantitative estimate of drug-likeness (QED) is 0.749. The van der Waals surface area contributed by atoms with E-state index in [-0.39, 0.29) is 0 Å². The standard InChI is InChI=1S/C14H14N4S/c1-8-3-5-11-12(7-8)18-14(17-11)19-13-6-4-10(15)9(2)16-13/h3-7H,15H2,1-2H3,(H,17,18). The fraction of sp³-hybridized carbons (Fsp3) is 0.143. The van der Waals surface area contributed by atoms with Crippen molar-refractivity contribution in [1.82, 2.24) is 15.0 Å². The first-order valence-electron chi connectivity index (χ1n) is 5.99. The lowest BCUT2D eigenvalue weighted by atomic mass is 10.2. The fourth-order valence-electron chi connectivity index (χ4n) is 1.85. The highest BCUT2D eigenvalue weighted by Gasteiger charge is 2.06. The molecule has 3 N–H and O–H groups in total. The van der Waals surface area contributed by atoms with Crippen LogP contribution in [0.15, 0.2) is 40.5 Å². The minimum Gasteiger partial charge on any atom is -0.397 e. The first kappa shape index (κ1) is 12.0. The molecular weight excluding hydrogens is 256 g/mol. The van der Waals surface area contributed by atoms with Gasteiger partial charge < -0.3 is 10.7 Å². The van der Waals surface area contributed by atoms with E-state index >= 15 is 0 Å². The molecule has 0 spiro atoms. The molecule has 0 radical (unpaired) electrons. The number of nitrogens with one attached hydrogen (secondary N) is 1. The van der Waals surface area contributed by atoms with Gasteiger partial charge in [0.2, 0.25) is 0 Å². The number of aromatic nitrogens is 3. The molecule has 0 aliphatic carbocycles. The monoisotopic (exact) mass is 270 g/mol. The lowest BCUT2D eigenvalue weighted by Crippen LogP contribution is -1.93. The Balaban J connectivity index is 1.94. The second-order valence-corrected chi connectivity index (χ2v) is 5.50. The van der Waals surface area contributed by atoms with Crippen LogP contribution in [0.5, 0.6) is 0 Å². The van der Waals surface area contributed by atoms with Crippen LogP contribution in [0.2, 0.25) is 0 Å². The van der Waals surface area contributed by atoms with Gasteiger partial charge in [-0.2, -0.15) is 0 Å². The molecule has 0 aliphatic rings. The first-order valence-corrected chi connectivity index (χ1v) is 6.81. The van der Waals surface area contributed by atoms with E-state index in [0.29, 0.717) is 5.69 Å². The molecule has 5 heteroatoms. The Labute approximate surface area is 115 Å². The summed E-state index contributed by atoms with van der Waals surface area (Å²) < 4.78 is 0. The Morgan fingerprint density at radius 3 is 2.74 bits per heavy atom. The summed E-state index contributed by atoms with van der Waals surface area (Å²) in [5, 5.41) is 1.74. The molecule has 3 rings (SSSR count). The van der Waals surface area contributed by atoms with Crippen molar-refractivity contribution in [2.45, 2.75) is 24.0 Å². The lowest BCUT2D eigenvalue weighted by Gasteiger charge is -2.01. The van der Waals surface area contributed by atoms with E-state index in [4.69, 9.17) is 5.73 Å². The summed E-state index contributed by atoms with van der Waals surface area (Å²) in [5.41, 5.74) is 10.6. The van der Waals surface area contributed by atoms with E-state index < -0.39 is 0 Å². The summed E-state index contributed by atoms with van der Waals surface area (Å²) in [6.07, 6.45) is 0. The molecule has 0 atom stereocenters. The number of nitrogens with two attached hydrogens (primary N) is 1. The molecule has 19 heavy (non-hydrogen) atoms. The summed E-state index contributed by atoms with van der Waals surface area (Å²) >= 11 is 1.51. The topological polar surface area (TPSA) is 67.6 Å². The van der Waals surface area contributed by atoms with Gasteiger partial charge in [0.1, 0.15) is 5.03 Å². The molecule has 0 unspecified atom stereocenters. The number of hydrogen-bond donors (Lipinski definition) is 2. The zero-order chi connectivity index (χ0) is 13.4. The highest BCUT2D eigenvalue weighted by molar-refractivity contribution is 7.99. The van der Waals surface area contributed by atoms with E-state index in [1.165, 1.54) is 17.3 Å². The second kappa shape index (κ2) is 4.59. The van der Waals surface area contributed by atoms with Crippen LogP contribution in [0, 0.1) is 13.8 Å². The van der Waals surface area contributed by atoms with Gasteiger partial charge in [-0.25, -0.2) is 9.97 Å². The molecule has 1 aromatic carbocycles. The minimum absolute atomic E-state index is 0.713. The van der Waals surface area contributed by atoms with Crippen molar-refractivity contribution in [3.8, 4) is 0 Å². The number of imidazole rings is 1. The minimum atomic E-state index is 0.713. The van der Waals surface area contributed by atoms with Crippen molar-refractivity contribution >= 4 is 28.5 Å². The van der Waals surface area contributed by atoms with Crippen molar-refractivity contribution in [2.24, 2.45) is 0 Å². The van der Waals surface area contributed by atoms with Crippen molar-refractivity contribution in [2.75, 3.05) is 5.73 Å². The zero-order valence-electron chi connectivity index (χ0n) is 10.8. The molecule has 0 aliphatic heterocycles. The van der Waals surface area contributed by atoms with Gasteiger partial charge in [0, 0.05) is 0 Å². The maximum atomic E-state index is 5.76. The average Bonchev–Trinajstić information content (AvgIpc) is 2.75. The van der Waals surface area contributed by atoms with Crippen LogP contribution in [0.3, 0.4) is 0 Å². The van der Waals surface area contributed by atoms with Crippen molar-refractivity contribution in [3.05, 3.63) is 41.6 Å². The third-order valence-electron chi connectivity index (χ3n) is 2.92. The Morgan fingerprint density at radius 2 is 1.95 bits per heavy atom. The number of benzene rings is 1. The molecule has 2 aromatic heterocycles. The molecule has 2 heterocycles. The fourth-order valence-corrected chi connectivity index (χ4v) is 2.67. The number of rotatable bonds is 2. The van der Waals surface area contributed by atoms with E-state index in [9.17, 15) is 0 Å². The van der Waals surface area contributed by atoms with Gasteiger partial charge in [0.05, 0.1) is 22.4 Å². The van der Waals surface area contributed by atoms with E-state index in [1.807, 2.05) is 25.1 Å². The average molecular weight is 270 g/mol. The maximum absolute atomic E-state index is 5.76. The maximum Gasteiger partial charge on any atom is 0.172 e. The Bertz CT molecular complexity index is 748. The zero-order valence-corrected chi connectivity index (χ0v) is 11.6. The van der Waals surface area contributed by atoms with Gasteiger partial charge >= 0.3 is 0 Å². The SMILES string of the molecule is Cc1ccc2nc(Sc3ccc(N)c(C)n3)[nH]c2c1. The molecule has 0 amide bonds. The number of nitrogen functional groups attached to an aromatic ring is 1. The Hall–Kier alpha value is -2.01. The Morgan fingerprint density at radius 1 is 1.11 bits per heavy atom. The summed E-state index contributed by atoms with van der Waals surface area (Å²) in [6.45, 7) is 3.97. The third-order valence-corrected chi connectivity index (χ3v) is 3.74. The third kappa shape index (κ3) is 2.42. The van der Waals surface area contributed by atoms with Gasteiger partial charge in [-0.05, 0) is 55.4 Å². The van der Waals surface area contributed by atoms with Crippen LogP contribution in [0.25, 0.3) is 11.0 Å². The highest BCUT2D eigenvalue weighted by atomic mass is 32.2. The molecule has 4 nitrogen and oxygen atoms in total. The molecule has 0 fully saturated rings. The summed E-state index contributed by atoms with van der Waals surface area (Å²) in [7, 11) is 0. The van der Waals surface area contributed by atoms with Gasteiger partial charge in [-0.3, -0.25) is 0 Å². The van der Waals surface area contributed by atoms with Gasteiger partial charge in [-0.15, -0.1) is 0 Å². The number of H-pyrrole nitrogens is 1. The molecular formula is C14H14N4S. The van der Waals surface area contributed by atoms with E-state index in [0.717, 1.165) is 26.9 Å². The number of anilines is 1. The van der Waals surface area contributed by atoms with Crippen LogP contribution in [0.1, 0.15) is 11.3 Å². The molecule has 0 bridgehead atoms. The lowest BCUT2D eigenvalue weighted by molar-refractivity contribution is 1.03. The normalized spacial score (nSPS) is 11.1. The number of fused-ring (bicyclic) bond motifs is 1. The van der Waals surface area contributed by atoms with Gasteiger partial charge in [0.15, 0.2) is 5.16 Å². The number of hydrogen-bond acceptors (Lipinski definition) is 4. The molecule has 0 saturated carbocycles. The van der Waals surface area contributed by atoms with E-state index in [2.05, 4.69) is 34.0 Å². The van der Waals surface area contributed by atoms with Gasteiger partial charge in [-0.1, -0.05) is 6.07 Å². The van der Waals surface area contributed by atoms with Crippen LogP contribution in [0.4, 0.5) is 5.69 Å². The van der Waals surface area contributed by atoms with Gasteiger partial charge in [0.25, 0.3) is 0 Å². The molecule has 96 valence electrons. The number of nitrogens with zero attached hydrogens (tertiary/aromatic N) is 2. The smallest absolute Gasteiger partial charge is 0.172 e. The van der Waals surface area contributed by atoms with Crippen LogP contribution in [-0.4, -0.2) is 15.0 Å².